The predicted octanol–water partition coefficient (Wildman–Crippen LogP) is 1.25. The number of amides is 2. The molecule has 1 aromatic rings. The molecule has 22 heavy (non-hydrogen) atoms. The highest BCUT2D eigenvalue weighted by Crippen LogP contribution is 2.08. The molecule has 0 aliphatic carbocycles. The van der Waals surface area contributed by atoms with Crippen molar-refractivity contribution in [1.82, 2.24) is 15.1 Å². The van der Waals surface area contributed by atoms with Gasteiger partial charge in [-0.3, -0.25) is 14.5 Å². The Bertz CT molecular complexity index is 482. The topological polar surface area (TPSA) is 52.7 Å². The predicted molar refractivity (Wildman–Crippen MR) is 86.2 cm³/mol. The minimum absolute atomic E-state index is 0.0174. The zero-order chi connectivity index (χ0) is 15.8. The lowest BCUT2D eigenvalue weighted by molar-refractivity contribution is -0.134. The van der Waals surface area contributed by atoms with Gasteiger partial charge in [0.25, 0.3) is 0 Å². The third kappa shape index (κ3) is 5.15. The van der Waals surface area contributed by atoms with Crippen LogP contribution in [0.4, 0.5) is 0 Å². The molecule has 5 heteroatoms. The first-order valence-electron chi connectivity index (χ1n) is 7.99. The highest BCUT2D eigenvalue weighted by molar-refractivity contribution is 5.84. The van der Waals surface area contributed by atoms with Crippen LogP contribution in [0.3, 0.4) is 0 Å². The Labute approximate surface area is 132 Å². The van der Waals surface area contributed by atoms with Crippen LogP contribution >= 0.6 is 0 Å². The van der Waals surface area contributed by atoms with E-state index in [9.17, 15) is 9.59 Å². The van der Waals surface area contributed by atoms with Crippen LogP contribution in [0.1, 0.15) is 25.3 Å². The van der Waals surface area contributed by atoms with Gasteiger partial charge in [0.2, 0.25) is 11.8 Å². The Morgan fingerprint density at radius 2 is 1.77 bits per heavy atom. The van der Waals surface area contributed by atoms with Gasteiger partial charge in [-0.15, -0.1) is 0 Å². The molecule has 0 spiro atoms. The molecule has 1 fully saturated rings. The fourth-order valence-electron chi connectivity index (χ4n) is 2.60. The van der Waals surface area contributed by atoms with E-state index in [1.165, 1.54) is 5.56 Å². The van der Waals surface area contributed by atoms with Gasteiger partial charge in [0.15, 0.2) is 0 Å². The van der Waals surface area contributed by atoms with Gasteiger partial charge in [0, 0.05) is 39.1 Å². The number of piperazine rings is 1. The summed E-state index contributed by atoms with van der Waals surface area (Å²) in [5.74, 6) is -0.0256. The van der Waals surface area contributed by atoms with Crippen LogP contribution in [0.25, 0.3) is 0 Å². The molecule has 1 saturated heterocycles. The lowest BCUT2D eigenvalue weighted by atomic mass is 10.2. The van der Waals surface area contributed by atoms with E-state index in [4.69, 9.17) is 0 Å². The number of carbonyl (C=O) groups is 2. The van der Waals surface area contributed by atoms with E-state index >= 15 is 0 Å². The fourth-order valence-corrected chi connectivity index (χ4v) is 2.60. The summed E-state index contributed by atoms with van der Waals surface area (Å²) < 4.78 is 0. The minimum atomic E-state index is -0.0430. The van der Waals surface area contributed by atoms with Crippen LogP contribution in [0.5, 0.6) is 0 Å². The first-order valence-corrected chi connectivity index (χ1v) is 7.99. The second-order valence-electron chi connectivity index (χ2n) is 5.67. The van der Waals surface area contributed by atoms with Crippen LogP contribution < -0.4 is 5.32 Å². The Hall–Kier alpha value is -1.88. The smallest absolute Gasteiger partial charge is 0.242 e. The Kier molecular flexibility index (Phi) is 6.40. The lowest BCUT2D eigenvalue weighted by Gasteiger charge is -2.34. The lowest BCUT2D eigenvalue weighted by Crippen LogP contribution is -2.50. The summed E-state index contributed by atoms with van der Waals surface area (Å²) in [6.45, 7) is 6.22. The Morgan fingerprint density at radius 1 is 1.09 bits per heavy atom. The third-order valence-electron chi connectivity index (χ3n) is 3.89. The van der Waals surface area contributed by atoms with Crippen molar-refractivity contribution in [1.29, 1.82) is 0 Å². The maximum Gasteiger partial charge on any atom is 0.242 e. The minimum Gasteiger partial charge on any atom is -0.347 e. The Balaban J connectivity index is 1.70. The second kappa shape index (κ2) is 8.54. The maximum absolute atomic E-state index is 12.1. The highest BCUT2D eigenvalue weighted by Gasteiger charge is 2.21. The first kappa shape index (κ1) is 16.5. The molecule has 0 bridgehead atoms. The first-order chi connectivity index (χ1) is 10.7. The molecule has 0 atom stereocenters. The summed E-state index contributed by atoms with van der Waals surface area (Å²) >= 11 is 0. The average Bonchev–Trinajstić information content (AvgIpc) is 2.54. The number of rotatable bonds is 6. The number of benzene rings is 1. The molecule has 120 valence electrons. The van der Waals surface area contributed by atoms with E-state index in [0.717, 1.165) is 39.1 Å². The van der Waals surface area contributed by atoms with Crippen LogP contribution in [0.2, 0.25) is 0 Å². The van der Waals surface area contributed by atoms with Crippen molar-refractivity contribution in [3.05, 3.63) is 35.9 Å². The molecular weight excluding hydrogens is 278 g/mol. The van der Waals surface area contributed by atoms with Crippen molar-refractivity contribution in [2.45, 2.75) is 26.3 Å². The van der Waals surface area contributed by atoms with E-state index in [1.54, 1.807) is 0 Å². The number of hydrogen-bond donors (Lipinski definition) is 1. The molecule has 1 heterocycles. The van der Waals surface area contributed by atoms with Gasteiger partial charge in [-0.05, 0) is 12.0 Å². The fraction of sp³-hybridized carbons (Fsp3) is 0.529. The van der Waals surface area contributed by atoms with E-state index in [-0.39, 0.29) is 18.4 Å². The van der Waals surface area contributed by atoms with Gasteiger partial charge in [0.05, 0.1) is 6.54 Å². The van der Waals surface area contributed by atoms with Crippen molar-refractivity contribution in [3.8, 4) is 0 Å². The van der Waals surface area contributed by atoms with E-state index in [0.29, 0.717) is 6.42 Å². The normalized spacial score (nSPS) is 15.6. The second-order valence-corrected chi connectivity index (χ2v) is 5.67. The maximum atomic E-state index is 12.1. The van der Waals surface area contributed by atoms with Crippen molar-refractivity contribution >= 4 is 11.8 Å². The third-order valence-corrected chi connectivity index (χ3v) is 3.89. The molecule has 0 radical (unpaired) electrons. The molecule has 0 unspecified atom stereocenters. The molecule has 1 N–H and O–H groups in total. The number of nitrogens with one attached hydrogen (secondary N) is 1. The summed E-state index contributed by atoms with van der Waals surface area (Å²) in [7, 11) is 0. The standard InChI is InChI=1S/C17H25N3O2/c1-2-6-16(21)18-13-17(22)20-11-9-19(10-12-20)14-15-7-4-3-5-8-15/h3-5,7-8H,2,6,9-14H2,1H3,(H,18,21). The SMILES string of the molecule is CCCC(=O)NCC(=O)N1CCN(Cc2ccccc2)CC1. The zero-order valence-corrected chi connectivity index (χ0v) is 13.3. The average molecular weight is 303 g/mol. The molecule has 1 aliphatic heterocycles. The molecule has 1 aromatic carbocycles. The van der Waals surface area contributed by atoms with Gasteiger partial charge in [-0.1, -0.05) is 37.3 Å². The summed E-state index contributed by atoms with van der Waals surface area (Å²) in [5.41, 5.74) is 1.30. The van der Waals surface area contributed by atoms with Gasteiger partial charge >= 0.3 is 0 Å². The molecule has 2 amide bonds. The zero-order valence-electron chi connectivity index (χ0n) is 13.3. The van der Waals surface area contributed by atoms with Crippen LogP contribution in [-0.2, 0) is 16.1 Å². The summed E-state index contributed by atoms with van der Waals surface area (Å²) in [6, 6.07) is 10.4. The quantitative estimate of drug-likeness (QED) is 0.860. The summed E-state index contributed by atoms with van der Waals surface area (Å²) in [5, 5.41) is 2.69. The molecule has 2 rings (SSSR count). The van der Waals surface area contributed by atoms with Gasteiger partial charge in [-0.2, -0.15) is 0 Å². The summed E-state index contributed by atoms with van der Waals surface area (Å²) in [6.07, 6.45) is 1.29. The van der Waals surface area contributed by atoms with Gasteiger partial charge in [-0.25, -0.2) is 0 Å². The van der Waals surface area contributed by atoms with Gasteiger partial charge in [0.1, 0.15) is 0 Å². The largest absolute Gasteiger partial charge is 0.347 e. The van der Waals surface area contributed by atoms with E-state index in [1.807, 2.05) is 30.0 Å². The number of nitrogens with zero attached hydrogens (tertiary/aromatic N) is 2. The number of carbonyl (C=O) groups excluding carboxylic acids is 2. The van der Waals surface area contributed by atoms with Crippen LogP contribution in [-0.4, -0.2) is 54.3 Å². The van der Waals surface area contributed by atoms with E-state index in [2.05, 4.69) is 22.3 Å². The van der Waals surface area contributed by atoms with Crippen molar-refractivity contribution in [2.24, 2.45) is 0 Å². The molecule has 0 saturated carbocycles. The summed E-state index contributed by atoms with van der Waals surface area (Å²) in [4.78, 5) is 27.7. The van der Waals surface area contributed by atoms with Crippen molar-refractivity contribution in [3.63, 3.8) is 0 Å². The van der Waals surface area contributed by atoms with Crippen molar-refractivity contribution < 1.29 is 9.59 Å². The van der Waals surface area contributed by atoms with Gasteiger partial charge < -0.3 is 10.2 Å². The van der Waals surface area contributed by atoms with Crippen molar-refractivity contribution in [2.75, 3.05) is 32.7 Å². The number of hydrogen-bond acceptors (Lipinski definition) is 3. The Morgan fingerprint density at radius 3 is 2.41 bits per heavy atom. The molecule has 1 aliphatic rings. The van der Waals surface area contributed by atoms with Crippen LogP contribution in [0, 0.1) is 0 Å². The molecule has 0 aromatic heterocycles. The highest BCUT2D eigenvalue weighted by atomic mass is 16.2. The van der Waals surface area contributed by atoms with E-state index < -0.39 is 0 Å². The monoisotopic (exact) mass is 303 g/mol. The molecular formula is C17H25N3O2. The molecule has 5 nitrogen and oxygen atoms in total. The van der Waals surface area contributed by atoms with Crippen LogP contribution in [0.15, 0.2) is 30.3 Å².